The van der Waals surface area contributed by atoms with E-state index < -0.39 is 0 Å². The highest BCUT2D eigenvalue weighted by Crippen LogP contribution is 2.34. The second-order valence-electron chi connectivity index (χ2n) is 5.20. The van der Waals surface area contributed by atoms with Crippen molar-refractivity contribution in [1.29, 1.82) is 0 Å². The second kappa shape index (κ2) is 6.13. The van der Waals surface area contributed by atoms with E-state index in [-0.39, 0.29) is 6.04 Å². The van der Waals surface area contributed by atoms with E-state index >= 15 is 0 Å². The standard InChI is InChI=1S/C16H17N3S2/c1-10-7-12(8-11(2)17)9-18-15(10)21-16-19-13-5-3-4-6-14(13)20-16/h3-7,9,11H,8,17H2,1-2H3. The summed E-state index contributed by atoms with van der Waals surface area (Å²) >= 11 is 3.34. The average Bonchev–Trinajstić information content (AvgIpc) is 2.83. The Labute approximate surface area is 132 Å². The molecule has 0 aliphatic rings. The van der Waals surface area contributed by atoms with Gasteiger partial charge in [-0.05, 0) is 55.3 Å². The number of hydrogen-bond donors (Lipinski definition) is 1. The molecule has 5 heteroatoms. The number of benzene rings is 1. The maximum absolute atomic E-state index is 5.84. The van der Waals surface area contributed by atoms with Crippen molar-refractivity contribution in [3.8, 4) is 0 Å². The van der Waals surface area contributed by atoms with E-state index in [0.29, 0.717) is 0 Å². The predicted molar refractivity (Wildman–Crippen MR) is 90.1 cm³/mol. The number of para-hydroxylation sites is 1. The van der Waals surface area contributed by atoms with E-state index in [9.17, 15) is 0 Å². The highest BCUT2D eigenvalue weighted by molar-refractivity contribution is 8.01. The molecule has 1 aromatic carbocycles. The summed E-state index contributed by atoms with van der Waals surface area (Å²) in [5.41, 5.74) is 9.26. The summed E-state index contributed by atoms with van der Waals surface area (Å²) < 4.78 is 2.25. The van der Waals surface area contributed by atoms with Gasteiger partial charge < -0.3 is 5.73 Å². The highest BCUT2D eigenvalue weighted by Gasteiger charge is 2.09. The Kier molecular flexibility index (Phi) is 4.24. The molecule has 2 N–H and O–H groups in total. The molecule has 1 atom stereocenters. The Morgan fingerprint density at radius 2 is 2.14 bits per heavy atom. The lowest BCUT2D eigenvalue weighted by Crippen LogP contribution is -2.17. The van der Waals surface area contributed by atoms with Gasteiger partial charge in [0.25, 0.3) is 0 Å². The van der Waals surface area contributed by atoms with Crippen LogP contribution in [0.4, 0.5) is 0 Å². The third-order valence-electron chi connectivity index (χ3n) is 3.10. The van der Waals surface area contributed by atoms with Crippen molar-refractivity contribution in [2.45, 2.75) is 35.7 Å². The molecule has 21 heavy (non-hydrogen) atoms. The molecule has 2 heterocycles. The lowest BCUT2D eigenvalue weighted by Gasteiger charge is -2.08. The summed E-state index contributed by atoms with van der Waals surface area (Å²) in [6.45, 7) is 4.10. The molecular weight excluding hydrogens is 298 g/mol. The van der Waals surface area contributed by atoms with Gasteiger partial charge in [-0.15, -0.1) is 11.3 Å². The van der Waals surface area contributed by atoms with E-state index in [1.807, 2.05) is 31.3 Å². The van der Waals surface area contributed by atoms with Gasteiger partial charge in [-0.1, -0.05) is 18.2 Å². The van der Waals surface area contributed by atoms with Crippen LogP contribution in [-0.2, 0) is 6.42 Å². The Balaban J connectivity index is 1.84. The first-order valence-electron chi connectivity index (χ1n) is 6.86. The number of pyridine rings is 1. The van der Waals surface area contributed by atoms with Crippen LogP contribution in [0.1, 0.15) is 18.1 Å². The number of nitrogens with zero attached hydrogens (tertiary/aromatic N) is 2. The average molecular weight is 315 g/mol. The van der Waals surface area contributed by atoms with Crippen LogP contribution in [0, 0.1) is 6.92 Å². The molecule has 2 aromatic heterocycles. The molecule has 3 rings (SSSR count). The number of aryl methyl sites for hydroxylation is 1. The van der Waals surface area contributed by atoms with E-state index in [1.54, 1.807) is 23.1 Å². The molecule has 0 saturated heterocycles. The van der Waals surface area contributed by atoms with Crippen molar-refractivity contribution in [3.63, 3.8) is 0 Å². The summed E-state index contributed by atoms with van der Waals surface area (Å²) in [5, 5.41) is 1.02. The Morgan fingerprint density at radius 1 is 1.33 bits per heavy atom. The van der Waals surface area contributed by atoms with Crippen LogP contribution in [-0.4, -0.2) is 16.0 Å². The van der Waals surface area contributed by atoms with Crippen molar-refractivity contribution < 1.29 is 0 Å². The maximum Gasteiger partial charge on any atom is 0.157 e. The minimum atomic E-state index is 0.161. The number of aromatic nitrogens is 2. The fraction of sp³-hybridized carbons (Fsp3) is 0.250. The summed E-state index contributed by atoms with van der Waals surface area (Å²) in [4.78, 5) is 9.21. The van der Waals surface area contributed by atoms with Gasteiger partial charge in [0, 0.05) is 12.2 Å². The zero-order valence-electron chi connectivity index (χ0n) is 12.0. The largest absolute Gasteiger partial charge is 0.328 e. The molecule has 0 fully saturated rings. The molecule has 0 radical (unpaired) electrons. The summed E-state index contributed by atoms with van der Waals surface area (Å²) in [5.74, 6) is 0. The summed E-state index contributed by atoms with van der Waals surface area (Å²) in [7, 11) is 0. The number of thiazole rings is 1. The molecule has 0 saturated carbocycles. The molecule has 1 unspecified atom stereocenters. The molecule has 0 aliphatic heterocycles. The van der Waals surface area contributed by atoms with Gasteiger partial charge in [-0.25, -0.2) is 9.97 Å². The quantitative estimate of drug-likeness (QED) is 0.789. The molecule has 0 spiro atoms. The van der Waals surface area contributed by atoms with Crippen molar-refractivity contribution >= 4 is 33.3 Å². The van der Waals surface area contributed by atoms with Gasteiger partial charge in [0.05, 0.1) is 10.2 Å². The van der Waals surface area contributed by atoms with Crippen LogP contribution in [0.2, 0.25) is 0 Å². The minimum Gasteiger partial charge on any atom is -0.328 e. The monoisotopic (exact) mass is 315 g/mol. The number of hydrogen-bond acceptors (Lipinski definition) is 5. The van der Waals surface area contributed by atoms with Gasteiger partial charge in [0.2, 0.25) is 0 Å². The molecule has 0 bridgehead atoms. The van der Waals surface area contributed by atoms with E-state index in [0.717, 1.165) is 21.3 Å². The topological polar surface area (TPSA) is 51.8 Å². The number of fused-ring (bicyclic) bond motifs is 1. The van der Waals surface area contributed by atoms with Gasteiger partial charge in [0.15, 0.2) is 4.34 Å². The van der Waals surface area contributed by atoms with Crippen LogP contribution in [0.5, 0.6) is 0 Å². The van der Waals surface area contributed by atoms with Gasteiger partial charge in [-0.3, -0.25) is 0 Å². The minimum absolute atomic E-state index is 0.161. The van der Waals surface area contributed by atoms with Gasteiger partial charge >= 0.3 is 0 Å². The first kappa shape index (κ1) is 14.5. The lowest BCUT2D eigenvalue weighted by atomic mass is 10.1. The SMILES string of the molecule is Cc1cc(CC(C)N)cnc1Sc1nc2ccccc2s1. The Morgan fingerprint density at radius 3 is 2.86 bits per heavy atom. The first-order chi connectivity index (χ1) is 10.1. The Bertz CT molecular complexity index is 732. The van der Waals surface area contributed by atoms with Crippen LogP contribution < -0.4 is 5.73 Å². The van der Waals surface area contributed by atoms with Crippen LogP contribution in [0.3, 0.4) is 0 Å². The van der Waals surface area contributed by atoms with E-state index in [2.05, 4.69) is 29.0 Å². The molecular formula is C16H17N3S2. The first-order valence-corrected chi connectivity index (χ1v) is 8.49. The van der Waals surface area contributed by atoms with Gasteiger partial charge in [-0.2, -0.15) is 0 Å². The number of nitrogens with two attached hydrogens (primary N) is 1. The zero-order valence-corrected chi connectivity index (χ0v) is 13.7. The highest BCUT2D eigenvalue weighted by atomic mass is 32.2. The van der Waals surface area contributed by atoms with Crippen molar-refractivity contribution in [2.75, 3.05) is 0 Å². The zero-order chi connectivity index (χ0) is 14.8. The number of rotatable bonds is 4. The fourth-order valence-corrected chi connectivity index (χ4v) is 4.19. The maximum atomic E-state index is 5.84. The van der Waals surface area contributed by atoms with E-state index in [4.69, 9.17) is 5.73 Å². The molecule has 0 aliphatic carbocycles. The third-order valence-corrected chi connectivity index (χ3v) is 5.32. The van der Waals surface area contributed by atoms with Crippen molar-refractivity contribution in [2.24, 2.45) is 5.73 Å². The molecule has 108 valence electrons. The van der Waals surface area contributed by atoms with Crippen molar-refractivity contribution in [3.05, 3.63) is 47.7 Å². The van der Waals surface area contributed by atoms with Crippen LogP contribution in [0.15, 0.2) is 45.9 Å². The Hall–Kier alpha value is -1.43. The summed E-state index contributed by atoms with van der Waals surface area (Å²) in [6, 6.07) is 10.5. The van der Waals surface area contributed by atoms with Crippen LogP contribution >= 0.6 is 23.1 Å². The van der Waals surface area contributed by atoms with Gasteiger partial charge in [0.1, 0.15) is 5.03 Å². The fourth-order valence-electron chi connectivity index (χ4n) is 2.19. The molecule has 3 aromatic rings. The second-order valence-corrected chi connectivity index (χ2v) is 7.46. The molecule has 0 amide bonds. The van der Waals surface area contributed by atoms with Crippen molar-refractivity contribution in [1.82, 2.24) is 9.97 Å². The molecule has 3 nitrogen and oxygen atoms in total. The van der Waals surface area contributed by atoms with E-state index in [1.165, 1.54) is 15.8 Å². The van der Waals surface area contributed by atoms with Crippen LogP contribution in [0.25, 0.3) is 10.2 Å². The smallest absolute Gasteiger partial charge is 0.157 e. The summed E-state index contributed by atoms with van der Waals surface area (Å²) in [6.07, 6.45) is 2.78. The predicted octanol–water partition coefficient (Wildman–Crippen LogP) is 4.04. The lowest BCUT2D eigenvalue weighted by molar-refractivity contribution is 0.733. The third kappa shape index (κ3) is 3.43. The normalized spacial score (nSPS) is 12.7.